The molecule has 1 unspecified atom stereocenters. The van der Waals surface area contributed by atoms with Crippen molar-refractivity contribution >= 4 is 5.78 Å². The Balaban J connectivity index is 2.51. The van der Waals surface area contributed by atoms with Crippen LogP contribution in [0.5, 0.6) is 0 Å². The van der Waals surface area contributed by atoms with E-state index < -0.39 is 0 Å². The number of nitrogens with two attached hydrogens (primary N) is 1. The van der Waals surface area contributed by atoms with E-state index in [9.17, 15) is 4.79 Å². The SMILES string of the molecule is CC1CN(N)CC1=O. The molecule has 0 saturated carbocycles. The van der Waals surface area contributed by atoms with Gasteiger partial charge in [-0.2, -0.15) is 0 Å². The van der Waals surface area contributed by atoms with E-state index in [2.05, 4.69) is 0 Å². The van der Waals surface area contributed by atoms with Crippen LogP contribution in [-0.4, -0.2) is 23.9 Å². The van der Waals surface area contributed by atoms with E-state index in [0.29, 0.717) is 6.54 Å². The quantitative estimate of drug-likeness (QED) is 0.427. The van der Waals surface area contributed by atoms with Gasteiger partial charge in [0.15, 0.2) is 5.78 Å². The minimum Gasteiger partial charge on any atom is -0.298 e. The molecule has 8 heavy (non-hydrogen) atoms. The van der Waals surface area contributed by atoms with Crippen LogP contribution in [-0.2, 0) is 4.79 Å². The van der Waals surface area contributed by atoms with E-state index in [0.717, 1.165) is 6.54 Å². The van der Waals surface area contributed by atoms with E-state index in [1.54, 1.807) is 5.01 Å². The average molecular weight is 114 g/mol. The fraction of sp³-hybridized carbons (Fsp3) is 0.800. The van der Waals surface area contributed by atoms with Crippen molar-refractivity contribution in [1.82, 2.24) is 5.01 Å². The van der Waals surface area contributed by atoms with Crippen molar-refractivity contribution < 1.29 is 4.79 Å². The molecule has 1 aliphatic rings. The monoisotopic (exact) mass is 114 g/mol. The van der Waals surface area contributed by atoms with Gasteiger partial charge >= 0.3 is 0 Å². The molecule has 0 aromatic carbocycles. The Morgan fingerprint density at radius 2 is 2.50 bits per heavy atom. The Bertz CT molecular complexity index is 113. The molecule has 0 bridgehead atoms. The number of hydrogen-bond donors (Lipinski definition) is 1. The highest BCUT2D eigenvalue weighted by atomic mass is 16.1. The molecule has 0 spiro atoms. The van der Waals surface area contributed by atoms with Crippen molar-refractivity contribution in [3.05, 3.63) is 0 Å². The Morgan fingerprint density at radius 1 is 1.88 bits per heavy atom. The largest absolute Gasteiger partial charge is 0.298 e. The lowest BCUT2D eigenvalue weighted by Crippen LogP contribution is -2.28. The van der Waals surface area contributed by atoms with Crippen molar-refractivity contribution in [2.75, 3.05) is 13.1 Å². The maximum Gasteiger partial charge on any atom is 0.152 e. The number of carbonyl (C=O) groups excluding carboxylic acids is 1. The number of carbonyl (C=O) groups is 1. The van der Waals surface area contributed by atoms with Crippen LogP contribution in [0, 0.1) is 5.92 Å². The number of hydrogen-bond acceptors (Lipinski definition) is 3. The van der Waals surface area contributed by atoms with Gasteiger partial charge in [-0.15, -0.1) is 0 Å². The fourth-order valence-corrected chi connectivity index (χ4v) is 0.874. The molecule has 1 saturated heterocycles. The highest BCUT2D eigenvalue weighted by Gasteiger charge is 2.23. The Morgan fingerprint density at radius 3 is 2.62 bits per heavy atom. The number of hydrazine groups is 1. The van der Waals surface area contributed by atoms with Gasteiger partial charge in [-0.1, -0.05) is 6.92 Å². The standard InChI is InChI=1S/C5H10N2O/c1-4-2-7(6)3-5(4)8/h4H,2-3,6H2,1H3. The molecule has 0 aromatic heterocycles. The molecule has 3 heteroatoms. The van der Waals surface area contributed by atoms with Crippen LogP contribution >= 0.6 is 0 Å². The van der Waals surface area contributed by atoms with Gasteiger partial charge < -0.3 is 0 Å². The van der Waals surface area contributed by atoms with E-state index in [-0.39, 0.29) is 11.7 Å². The zero-order chi connectivity index (χ0) is 6.15. The number of rotatable bonds is 0. The molecule has 1 atom stereocenters. The molecule has 3 nitrogen and oxygen atoms in total. The van der Waals surface area contributed by atoms with E-state index >= 15 is 0 Å². The summed E-state index contributed by atoms with van der Waals surface area (Å²) >= 11 is 0. The van der Waals surface area contributed by atoms with Gasteiger partial charge in [0.05, 0.1) is 6.54 Å². The lowest BCUT2D eigenvalue weighted by atomic mass is 10.1. The summed E-state index contributed by atoms with van der Waals surface area (Å²) in [6.07, 6.45) is 0. The molecule has 1 rings (SSSR count). The summed E-state index contributed by atoms with van der Waals surface area (Å²) in [5.41, 5.74) is 0. The Labute approximate surface area is 48.4 Å². The third-order valence-corrected chi connectivity index (χ3v) is 1.42. The van der Waals surface area contributed by atoms with E-state index in [1.165, 1.54) is 0 Å². The van der Waals surface area contributed by atoms with Gasteiger partial charge in [-0.3, -0.25) is 10.6 Å². The van der Waals surface area contributed by atoms with Gasteiger partial charge in [-0.25, -0.2) is 5.01 Å². The topological polar surface area (TPSA) is 46.3 Å². The van der Waals surface area contributed by atoms with E-state index in [4.69, 9.17) is 5.84 Å². The average Bonchev–Trinajstić information content (AvgIpc) is 1.85. The van der Waals surface area contributed by atoms with Crippen molar-refractivity contribution in [2.45, 2.75) is 6.92 Å². The van der Waals surface area contributed by atoms with Crippen LogP contribution in [0.4, 0.5) is 0 Å². The summed E-state index contributed by atoms with van der Waals surface area (Å²) in [4.78, 5) is 10.7. The molecule has 2 N–H and O–H groups in total. The molecule has 0 aliphatic carbocycles. The molecule has 0 radical (unpaired) electrons. The van der Waals surface area contributed by atoms with Crippen molar-refractivity contribution in [1.29, 1.82) is 0 Å². The smallest absolute Gasteiger partial charge is 0.152 e. The normalized spacial score (nSPS) is 31.8. The van der Waals surface area contributed by atoms with Crippen molar-refractivity contribution in [3.8, 4) is 0 Å². The summed E-state index contributed by atoms with van der Waals surface area (Å²) in [5.74, 6) is 5.74. The maximum atomic E-state index is 10.7. The van der Waals surface area contributed by atoms with Crippen LogP contribution in [0.3, 0.4) is 0 Å². The third kappa shape index (κ3) is 0.877. The first-order valence-electron chi connectivity index (χ1n) is 2.72. The molecule has 1 heterocycles. The minimum atomic E-state index is 0.153. The second kappa shape index (κ2) is 1.84. The molecular formula is C5H10N2O. The molecule has 1 fully saturated rings. The lowest BCUT2D eigenvalue weighted by Gasteiger charge is -2.01. The highest BCUT2D eigenvalue weighted by molar-refractivity contribution is 5.84. The molecule has 0 amide bonds. The second-order valence-corrected chi connectivity index (χ2v) is 2.30. The van der Waals surface area contributed by atoms with Crippen molar-refractivity contribution in [3.63, 3.8) is 0 Å². The van der Waals surface area contributed by atoms with Crippen LogP contribution in [0.25, 0.3) is 0 Å². The summed E-state index contributed by atoms with van der Waals surface area (Å²) < 4.78 is 0. The first-order valence-corrected chi connectivity index (χ1v) is 2.72. The van der Waals surface area contributed by atoms with Gasteiger partial charge in [0, 0.05) is 12.5 Å². The summed E-state index contributed by atoms with van der Waals surface area (Å²) in [7, 11) is 0. The minimum absolute atomic E-state index is 0.153. The van der Waals surface area contributed by atoms with Crippen LogP contribution in [0.2, 0.25) is 0 Å². The fourth-order valence-electron chi connectivity index (χ4n) is 0.874. The summed E-state index contributed by atoms with van der Waals surface area (Å²) in [6.45, 7) is 3.05. The van der Waals surface area contributed by atoms with Gasteiger partial charge in [0.2, 0.25) is 0 Å². The Kier molecular flexibility index (Phi) is 1.31. The molecular weight excluding hydrogens is 104 g/mol. The van der Waals surface area contributed by atoms with Crippen molar-refractivity contribution in [2.24, 2.45) is 11.8 Å². The van der Waals surface area contributed by atoms with Crippen LogP contribution < -0.4 is 5.84 Å². The highest BCUT2D eigenvalue weighted by Crippen LogP contribution is 2.06. The van der Waals surface area contributed by atoms with Gasteiger partial charge in [0.1, 0.15) is 0 Å². The molecule has 46 valence electrons. The number of nitrogens with zero attached hydrogens (tertiary/aromatic N) is 1. The van der Waals surface area contributed by atoms with Crippen LogP contribution in [0.1, 0.15) is 6.92 Å². The first-order chi connectivity index (χ1) is 3.70. The Hall–Kier alpha value is -0.410. The van der Waals surface area contributed by atoms with Gasteiger partial charge in [0.25, 0.3) is 0 Å². The molecule has 1 aliphatic heterocycles. The lowest BCUT2D eigenvalue weighted by molar-refractivity contribution is -0.119. The number of Topliss-reactive ketones (excluding diaryl/α,β-unsaturated/α-hetero) is 1. The zero-order valence-electron chi connectivity index (χ0n) is 4.92. The third-order valence-electron chi connectivity index (χ3n) is 1.42. The maximum absolute atomic E-state index is 10.7. The van der Waals surface area contributed by atoms with Crippen LogP contribution in [0.15, 0.2) is 0 Å². The first kappa shape index (κ1) is 5.72. The zero-order valence-corrected chi connectivity index (χ0v) is 4.92. The predicted octanol–water partition coefficient (Wildman–Crippen LogP) is -0.619. The van der Waals surface area contributed by atoms with Gasteiger partial charge in [-0.05, 0) is 0 Å². The van der Waals surface area contributed by atoms with E-state index in [1.807, 2.05) is 6.92 Å². The second-order valence-electron chi connectivity index (χ2n) is 2.30. The predicted molar refractivity (Wildman–Crippen MR) is 29.9 cm³/mol. The molecule has 0 aromatic rings. The summed E-state index contributed by atoms with van der Waals surface area (Å²) in [5, 5.41) is 1.55. The summed E-state index contributed by atoms with van der Waals surface area (Å²) in [6, 6.07) is 0. The number of ketones is 1.